The molecule has 0 amide bonds. The van der Waals surface area contributed by atoms with Gasteiger partial charge >= 0.3 is 51.4 Å². The summed E-state index contributed by atoms with van der Waals surface area (Å²) in [5.74, 6) is 0.645. The van der Waals surface area contributed by atoms with Crippen LogP contribution in [-0.4, -0.2) is 4.98 Å². The van der Waals surface area contributed by atoms with Crippen molar-refractivity contribution in [2.45, 2.75) is 13.2 Å². The Kier molecular flexibility index (Phi) is 9.39. The van der Waals surface area contributed by atoms with Gasteiger partial charge in [-0.25, -0.2) is 0 Å². The second kappa shape index (κ2) is 11.3. The minimum Gasteiger partial charge on any atom is -0.567 e. The van der Waals surface area contributed by atoms with E-state index in [1.54, 1.807) is 30.6 Å². The first-order valence-electron chi connectivity index (χ1n) is 7.68. The smallest absolute Gasteiger partial charge is 0.567 e. The Labute approximate surface area is 205 Å². The van der Waals surface area contributed by atoms with Crippen LogP contribution in [0.15, 0.2) is 67.0 Å². The summed E-state index contributed by atoms with van der Waals surface area (Å²) in [6.45, 7) is 0.998. The van der Waals surface area contributed by atoms with Gasteiger partial charge in [-0.2, -0.15) is 0 Å². The second-order valence-corrected chi connectivity index (χ2v) is 6.25. The Morgan fingerprint density at radius 2 is 1.69 bits per heavy atom. The molecule has 0 aliphatic heterocycles. The van der Waals surface area contributed by atoms with E-state index >= 15 is 0 Å². The van der Waals surface area contributed by atoms with Crippen LogP contribution in [0.4, 0.5) is 5.69 Å². The number of anilines is 1. The molecule has 0 radical (unpaired) electrons. The molecular weight excluding hydrogens is 396 g/mol. The van der Waals surface area contributed by atoms with Crippen molar-refractivity contribution in [2.75, 3.05) is 5.43 Å². The average molecular weight is 412 g/mol. The van der Waals surface area contributed by atoms with Crippen molar-refractivity contribution < 1.29 is 56.1 Å². The van der Waals surface area contributed by atoms with Crippen molar-refractivity contribution in [1.82, 2.24) is 4.98 Å². The third-order valence-corrected chi connectivity index (χ3v) is 3.82. The van der Waals surface area contributed by atoms with Gasteiger partial charge < -0.3 is 15.6 Å². The zero-order chi connectivity index (χ0) is 17.5. The molecule has 3 aromatic rings. The van der Waals surface area contributed by atoms with E-state index in [4.69, 9.17) is 27.9 Å². The SMILES string of the molecule is Clc1cc(Cl)cc(OCc2ccc(N[N-]Cc3cccnc3)cc2)c1.[K+]. The summed E-state index contributed by atoms with van der Waals surface area (Å²) in [5.41, 5.74) is 10.3. The van der Waals surface area contributed by atoms with Gasteiger partial charge in [-0.15, -0.1) is 6.54 Å². The Bertz CT molecular complexity index is 797. The zero-order valence-corrected chi connectivity index (χ0v) is 19.0. The normalized spacial score (nSPS) is 10.1. The standard InChI is InChI=1S/C19H16Cl2N3O.K/c20-16-8-17(21)10-19(9-16)25-13-14-3-5-18(6-4-14)24-23-12-15-2-1-7-22-11-15;/h1-11,24H,12-13H2;/q-1;+1. The molecule has 0 saturated carbocycles. The quantitative estimate of drug-likeness (QED) is 0.480. The third kappa shape index (κ3) is 7.17. The van der Waals surface area contributed by atoms with Gasteiger partial charge in [0.15, 0.2) is 0 Å². The molecular formula is C19H16Cl2KN3O. The zero-order valence-electron chi connectivity index (χ0n) is 14.3. The minimum absolute atomic E-state index is 0. The van der Waals surface area contributed by atoms with E-state index in [-0.39, 0.29) is 51.4 Å². The van der Waals surface area contributed by atoms with Gasteiger partial charge in [0.05, 0.1) is 0 Å². The van der Waals surface area contributed by atoms with Gasteiger partial charge in [0, 0.05) is 28.1 Å². The minimum atomic E-state index is 0. The fourth-order valence-electron chi connectivity index (χ4n) is 2.17. The maximum atomic E-state index is 5.96. The Morgan fingerprint density at radius 1 is 0.962 bits per heavy atom. The van der Waals surface area contributed by atoms with E-state index in [0.29, 0.717) is 28.9 Å². The summed E-state index contributed by atoms with van der Waals surface area (Å²) in [6.07, 6.45) is 3.54. The number of rotatable bonds is 7. The predicted molar refractivity (Wildman–Crippen MR) is 102 cm³/mol. The third-order valence-electron chi connectivity index (χ3n) is 3.39. The molecule has 7 heteroatoms. The molecule has 0 aliphatic carbocycles. The Morgan fingerprint density at radius 3 is 2.35 bits per heavy atom. The van der Waals surface area contributed by atoms with Gasteiger partial charge in [0.25, 0.3) is 0 Å². The molecule has 0 spiro atoms. The van der Waals surface area contributed by atoms with Crippen molar-refractivity contribution >= 4 is 28.9 Å². The number of pyridine rings is 1. The van der Waals surface area contributed by atoms with E-state index in [9.17, 15) is 0 Å². The molecule has 3 rings (SSSR count). The number of halogens is 2. The summed E-state index contributed by atoms with van der Waals surface area (Å²) < 4.78 is 5.71. The molecule has 128 valence electrons. The van der Waals surface area contributed by atoms with Gasteiger partial charge in [-0.3, -0.25) is 4.98 Å². The van der Waals surface area contributed by atoms with Gasteiger partial charge in [0.2, 0.25) is 0 Å². The van der Waals surface area contributed by atoms with Crippen molar-refractivity contribution in [3.05, 3.63) is 93.6 Å². The molecule has 0 unspecified atom stereocenters. The van der Waals surface area contributed by atoms with Gasteiger partial charge in [-0.05, 0) is 47.5 Å². The van der Waals surface area contributed by atoms with E-state index < -0.39 is 0 Å². The van der Waals surface area contributed by atoms with Crippen LogP contribution in [0.1, 0.15) is 11.1 Å². The van der Waals surface area contributed by atoms with Crippen LogP contribution in [0.5, 0.6) is 5.75 Å². The van der Waals surface area contributed by atoms with Crippen LogP contribution in [0.2, 0.25) is 10.0 Å². The first kappa shape index (κ1) is 21.7. The molecule has 1 heterocycles. The maximum absolute atomic E-state index is 5.96. The molecule has 0 fully saturated rings. The number of hydrogen-bond acceptors (Lipinski definition) is 3. The first-order chi connectivity index (χ1) is 12.2. The number of nitrogens with one attached hydrogen (secondary N) is 1. The number of hydrogen-bond donors (Lipinski definition) is 1. The van der Waals surface area contributed by atoms with Gasteiger partial charge in [0.1, 0.15) is 12.4 Å². The molecule has 0 saturated heterocycles. The van der Waals surface area contributed by atoms with Crippen molar-refractivity contribution in [3.8, 4) is 5.75 Å². The maximum Gasteiger partial charge on any atom is 1.00 e. The van der Waals surface area contributed by atoms with Crippen LogP contribution in [0.3, 0.4) is 0 Å². The van der Waals surface area contributed by atoms with Crippen molar-refractivity contribution in [3.63, 3.8) is 0 Å². The summed E-state index contributed by atoms with van der Waals surface area (Å²) in [6, 6.07) is 16.9. The Balaban J connectivity index is 0.00000243. The van der Waals surface area contributed by atoms with E-state index in [2.05, 4.69) is 15.8 Å². The van der Waals surface area contributed by atoms with Crippen LogP contribution >= 0.6 is 23.2 Å². The number of aromatic nitrogens is 1. The summed E-state index contributed by atoms with van der Waals surface area (Å²) >= 11 is 11.9. The molecule has 0 aliphatic rings. The van der Waals surface area contributed by atoms with Crippen LogP contribution < -0.4 is 61.5 Å². The molecule has 1 N–H and O–H groups in total. The van der Waals surface area contributed by atoms with Gasteiger partial charge in [-0.1, -0.05) is 41.4 Å². The molecule has 0 bridgehead atoms. The molecule has 26 heavy (non-hydrogen) atoms. The average Bonchev–Trinajstić information content (AvgIpc) is 2.61. The van der Waals surface area contributed by atoms with E-state index in [0.717, 1.165) is 16.8 Å². The topological polar surface area (TPSA) is 48.2 Å². The summed E-state index contributed by atoms with van der Waals surface area (Å²) in [4.78, 5) is 4.06. The first-order valence-corrected chi connectivity index (χ1v) is 8.44. The number of ether oxygens (including phenoxy) is 1. The van der Waals surface area contributed by atoms with Crippen LogP contribution in [0.25, 0.3) is 5.43 Å². The largest absolute Gasteiger partial charge is 1.00 e. The summed E-state index contributed by atoms with van der Waals surface area (Å²) in [7, 11) is 0. The molecule has 4 nitrogen and oxygen atoms in total. The molecule has 1 aromatic heterocycles. The van der Waals surface area contributed by atoms with E-state index in [1.165, 1.54) is 0 Å². The van der Waals surface area contributed by atoms with Crippen molar-refractivity contribution in [1.29, 1.82) is 0 Å². The van der Waals surface area contributed by atoms with E-state index in [1.807, 2.05) is 36.4 Å². The van der Waals surface area contributed by atoms with Crippen LogP contribution in [0, 0.1) is 0 Å². The predicted octanol–water partition coefficient (Wildman–Crippen LogP) is 2.87. The monoisotopic (exact) mass is 411 g/mol. The fraction of sp³-hybridized carbons (Fsp3) is 0.105. The fourth-order valence-corrected chi connectivity index (χ4v) is 2.67. The number of benzene rings is 2. The summed E-state index contributed by atoms with van der Waals surface area (Å²) in [5, 5.41) is 1.11. The van der Waals surface area contributed by atoms with Crippen molar-refractivity contribution in [2.24, 2.45) is 0 Å². The number of nitrogens with zero attached hydrogens (tertiary/aromatic N) is 2. The molecule has 0 atom stereocenters. The molecule has 2 aromatic carbocycles. The Hall–Kier alpha value is -0.634. The van der Waals surface area contributed by atoms with Crippen LogP contribution in [-0.2, 0) is 13.2 Å². The second-order valence-electron chi connectivity index (χ2n) is 5.38.